The molecular formula is C21H18F2N2O5. The zero-order valence-corrected chi connectivity index (χ0v) is 15.9. The number of carbonyl (C=O) groups is 2. The molecule has 0 radical (unpaired) electrons. The number of hydrogen-bond donors (Lipinski definition) is 1. The number of hydrogen-bond acceptors (Lipinski definition) is 6. The summed E-state index contributed by atoms with van der Waals surface area (Å²) < 4.78 is 39.1. The maximum absolute atomic E-state index is 12.4. The van der Waals surface area contributed by atoms with Gasteiger partial charge in [0.05, 0.1) is 12.6 Å². The minimum absolute atomic E-state index is 0.0793. The Bertz CT molecular complexity index is 1060. The highest BCUT2D eigenvalue weighted by molar-refractivity contribution is 5.92. The maximum atomic E-state index is 12.4. The zero-order valence-electron chi connectivity index (χ0n) is 15.9. The largest absolute Gasteiger partial charge is 0.493 e. The van der Waals surface area contributed by atoms with E-state index < -0.39 is 25.1 Å². The molecule has 30 heavy (non-hydrogen) atoms. The molecule has 0 aliphatic heterocycles. The van der Waals surface area contributed by atoms with E-state index in [1.54, 1.807) is 18.2 Å². The van der Waals surface area contributed by atoms with Crippen LogP contribution in [-0.4, -0.2) is 37.2 Å². The second kappa shape index (κ2) is 9.64. The fourth-order valence-electron chi connectivity index (χ4n) is 2.65. The Morgan fingerprint density at radius 2 is 1.87 bits per heavy atom. The molecule has 9 heteroatoms. The van der Waals surface area contributed by atoms with Gasteiger partial charge in [0, 0.05) is 11.9 Å². The first-order valence-electron chi connectivity index (χ1n) is 8.87. The van der Waals surface area contributed by atoms with E-state index >= 15 is 0 Å². The molecule has 1 aromatic heterocycles. The molecule has 0 aliphatic carbocycles. The number of carbonyl (C=O) groups excluding carboxylic acids is 2. The maximum Gasteiger partial charge on any atom is 0.387 e. The molecule has 0 atom stereocenters. The first-order valence-corrected chi connectivity index (χ1v) is 8.87. The molecule has 0 bridgehead atoms. The van der Waals surface area contributed by atoms with Gasteiger partial charge in [-0.25, -0.2) is 9.78 Å². The Labute approximate surface area is 170 Å². The van der Waals surface area contributed by atoms with Gasteiger partial charge in [-0.1, -0.05) is 30.3 Å². The summed E-state index contributed by atoms with van der Waals surface area (Å²) >= 11 is 0. The van der Waals surface area contributed by atoms with E-state index in [-0.39, 0.29) is 23.7 Å². The molecule has 156 valence electrons. The highest BCUT2D eigenvalue weighted by Gasteiger charge is 2.14. The standard InChI is InChI=1S/C21H18F2N2O5/c1-28-18-10-13(6-9-17(18)30-21(22)23)11-24-19(26)12-29-20(27)16-8-7-14-4-2-3-5-15(14)25-16/h2-10,21H,11-12H2,1H3,(H,24,26). The van der Waals surface area contributed by atoms with E-state index in [1.807, 2.05) is 12.1 Å². The summed E-state index contributed by atoms with van der Waals surface area (Å²) in [5, 5.41) is 3.45. The minimum Gasteiger partial charge on any atom is -0.493 e. The third-order valence-electron chi connectivity index (χ3n) is 4.08. The van der Waals surface area contributed by atoms with Crippen molar-refractivity contribution >= 4 is 22.8 Å². The number of halogens is 2. The lowest BCUT2D eigenvalue weighted by atomic mass is 10.2. The third kappa shape index (κ3) is 5.40. The fraction of sp³-hybridized carbons (Fsp3) is 0.190. The molecular weight excluding hydrogens is 398 g/mol. The van der Waals surface area contributed by atoms with Crippen molar-refractivity contribution in [3.8, 4) is 11.5 Å². The number of rotatable bonds is 8. The van der Waals surface area contributed by atoms with E-state index in [9.17, 15) is 18.4 Å². The second-order valence-corrected chi connectivity index (χ2v) is 6.11. The molecule has 0 aliphatic rings. The van der Waals surface area contributed by atoms with Gasteiger partial charge in [-0.2, -0.15) is 8.78 Å². The topological polar surface area (TPSA) is 86.8 Å². The van der Waals surface area contributed by atoms with Crippen LogP contribution in [0.1, 0.15) is 16.1 Å². The predicted molar refractivity (Wildman–Crippen MR) is 103 cm³/mol. The fourth-order valence-corrected chi connectivity index (χ4v) is 2.65. The molecule has 0 unspecified atom stereocenters. The highest BCUT2D eigenvalue weighted by Crippen LogP contribution is 2.29. The van der Waals surface area contributed by atoms with Crippen molar-refractivity contribution in [3.05, 3.63) is 65.9 Å². The number of fused-ring (bicyclic) bond motifs is 1. The van der Waals surface area contributed by atoms with Crippen LogP contribution in [0.5, 0.6) is 11.5 Å². The summed E-state index contributed by atoms with van der Waals surface area (Å²) in [6, 6.07) is 14.9. The first-order chi connectivity index (χ1) is 14.5. The minimum atomic E-state index is -2.98. The molecule has 1 amide bonds. The van der Waals surface area contributed by atoms with Crippen molar-refractivity contribution in [2.45, 2.75) is 13.2 Å². The second-order valence-electron chi connectivity index (χ2n) is 6.11. The zero-order chi connectivity index (χ0) is 21.5. The highest BCUT2D eigenvalue weighted by atomic mass is 19.3. The third-order valence-corrected chi connectivity index (χ3v) is 4.08. The first kappa shape index (κ1) is 21.0. The molecule has 0 fully saturated rings. The van der Waals surface area contributed by atoms with Gasteiger partial charge < -0.3 is 19.5 Å². The van der Waals surface area contributed by atoms with Crippen LogP contribution in [0, 0.1) is 0 Å². The predicted octanol–water partition coefficient (Wildman–Crippen LogP) is 3.32. The molecule has 0 saturated carbocycles. The van der Waals surface area contributed by atoms with E-state index in [1.165, 1.54) is 31.4 Å². The number of nitrogens with one attached hydrogen (secondary N) is 1. The Kier molecular flexibility index (Phi) is 6.74. The number of nitrogens with zero attached hydrogens (tertiary/aromatic N) is 1. The summed E-state index contributed by atoms with van der Waals surface area (Å²) in [5.41, 5.74) is 1.33. The van der Waals surface area contributed by atoms with E-state index in [0.717, 1.165) is 5.39 Å². The van der Waals surface area contributed by atoms with Crippen molar-refractivity contribution in [2.75, 3.05) is 13.7 Å². The van der Waals surface area contributed by atoms with Crippen LogP contribution in [0.3, 0.4) is 0 Å². The number of amides is 1. The van der Waals surface area contributed by atoms with Gasteiger partial charge >= 0.3 is 12.6 Å². The molecule has 1 N–H and O–H groups in total. The molecule has 1 heterocycles. The van der Waals surface area contributed by atoms with Crippen molar-refractivity contribution in [1.82, 2.24) is 10.3 Å². The molecule has 0 spiro atoms. The van der Waals surface area contributed by atoms with Crippen LogP contribution < -0.4 is 14.8 Å². The van der Waals surface area contributed by atoms with E-state index in [0.29, 0.717) is 11.1 Å². The van der Waals surface area contributed by atoms with Crippen LogP contribution in [0.25, 0.3) is 10.9 Å². The SMILES string of the molecule is COc1cc(CNC(=O)COC(=O)c2ccc3ccccc3n2)ccc1OC(F)F. The number of para-hydroxylation sites is 1. The van der Waals surface area contributed by atoms with Crippen molar-refractivity contribution < 1.29 is 32.6 Å². The van der Waals surface area contributed by atoms with Gasteiger partial charge in [0.15, 0.2) is 18.1 Å². The van der Waals surface area contributed by atoms with E-state index in [4.69, 9.17) is 9.47 Å². The molecule has 3 rings (SSSR count). The summed E-state index contributed by atoms with van der Waals surface area (Å²) in [6.45, 7) is -3.39. The number of aromatic nitrogens is 1. The van der Waals surface area contributed by atoms with E-state index in [2.05, 4.69) is 15.0 Å². The van der Waals surface area contributed by atoms with Crippen molar-refractivity contribution in [2.24, 2.45) is 0 Å². The molecule has 2 aromatic carbocycles. The number of esters is 1. The number of ether oxygens (including phenoxy) is 3. The van der Waals surface area contributed by atoms with Crippen LogP contribution in [0.2, 0.25) is 0 Å². The van der Waals surface area contributed by atoms with Gasteiger partial charge in [0.2, 0.25) is 0 Å². The average molecular weight is 416 g/mol. The normalized spacial score (nSPS) is 10.7. The summed E-state index contributed by atoms with van der Waals surface area (Å²) in [5.74, 6) is -1.25. The van der Waals surface area contributed by atoms with Crippen LogP contribution in [0.15, 0.2) is 54.6 Å². The monoisotopic (exact) mass is 416 g/mol. The van der Waals surface area contributed by atoms with Gasteiger partial charge in [-0.3, -0.25) is 4.79 Å². The quantitative estimate of drug-likeness (QED) is 0.567. The van der Waals surface area contributed by atoms with Gasteiger partial charge in [0.25, 0.3) is 5.91 Å². The summed E-state index contributed by atoms with van der Waals surface area (Å²) in [4.78, 5) is 28.3. The Balaban J connectivity index is 1.52. The van der Waals surface area contributed by atoms with Gasteiger partial charge in [-0.15, -0.1) is 0 Å². The van der Waals surface area contributed by atoms with Crippen LogP contribution >= 0.6 is 0 Å². The van der Waals surface area contributed by atoms with Gasteiger partial charge in [-0.05, 0) is 29.8 Å². The number of pyridine rings is 1. The molecule has 7 nitrogen and oxygen atoms in total. The van der Waals surface area contributed by atoms with Gasteiger partial charge in [0.1, 0.15) is 5.69 Å². The molecule has 3 aromatic rings. The Hall–Kier alpha value is -3.75. The van der Waals surface area contributed by atoms with Crippen molar-refractivity contribution in [3.63, 3.8) is 0 Å². The lowest BCUT2D eigenvalue weighted by Gasteiger charge is -2.12. The lowest BCUT2D eigenvalue weighted by molar-refractivity contribution is -0.124. The summed E-state index contributed by atoms with van der Waals surface area (Å²) in [7, 11) is 1.32. The number of alkyl halides is 2. The summed E-state index contributed by atoms with van der Waals surface area (Å²) in [6.07, 6.45) is 0. The number of methoxy groups -OCH3 is 1. The average Bonchev–Trinajstić information content (AvgIpc) is 2.76. The van der Waals surface area contributed by atoms with Crippen LogP contribution in [0.4, 0.5) is 8.78 Å². The molecule has 0 saturated heterocycles. The van der Waals surface area contributed by atoms with Crippen molar-refractivity contribution in [1.29, 1.82) is 0 Å². The smallest absolute Gasteiger partial charge is 0.387 e. The Morgan fingerprint density at radius 3 is 2.63 bits per heavy atom. The number of benzene rings is 2. The Morgan fingerprint density at radius 1 is 1.07 bits per heavy atom. The lowest BCUT2D eigenvalue weighted by Crippen LogP contribution is -2.28. The van der Waals surface area contributed by atoms with Crippen LogP contribution in [-0.2, 0) is 16.1 Å².